The van der Waals surface area contributed by atoms with E-state index in [0.717, 1.165) is 14.6 Å². The molecule has 0 saturated carbocycles. The van der Waals surface area contributed by atoms with Crippen LogP contribution in [0.5, 0.6) is 0 Å². The number of fused-ring (bicyclic) bond motifs is 1. The normalized spacial score (nSPS) is 12.3. The number of methoxy groups -OCH3 is 1. The number of nitrogens with zero attached hydrogens (tertiary/aromatic N) is 5. The Kier molecular flexibility index (Phi) is 6.06. The topological polar surface area (TPSA) is 107 Å². The number of hydrogen-bond donors (Lipinski definition) is 2. The van der Waals surface area contributed by atoms with Crippen molar-refractivity contribution in [1.29, 1.82) is 0 Å². The Balaban J connectivity index is 1.60. The number of ether oxygens (including phenoxy) is 1. The molecule has 12 heteroatoms. The first-order valence-corrected chi connectivity index (χ1v) is 10.3. The van der Waals surface area contributed by atoms with Crippen LogP contribution in [0.4, 0.5) is 25.0 Å². The van der Waals surface area contributed by atoms with Crippen molar-refractivity contribution in [1.82, 2.24) is 25.0 Å². The largest absolute Gasteiger partial charge is 0.377 e. The number of amides is 2. The third-order valence-corrected chi connectivity index (χ3v) is 5.61. The van der Waals surface area contributed by atoms with E-state index in [4.69, 9.17) is 4.74 Å². The van der Waals surface area contributed by atoms with E-state index in [-0.39, 0.29) is 23.0 Å². The first-order chi connectivity index (χ1) is 15.4. The van der Waals surface area contributed by atoms with Gasteiger partial charge in [-0.2, -0.15) is 15.0 Å². The number of alkyl halides is 2. The zero-order valence-electron chi connectivity index (χ0n) is 17.3. The maximum atomic E-state index is 13.6. The van der Waals surface area contributed by atoms with Crippen molar-refractivity contribution in [2.75, 3.05) is 17.7 Å². The van der Waals surface area contributed by atoms with Crippen molar-refractivity contribution in [3.8, 4) is 5.69 Å². The molecule has 0 fully saturated rings. The number of pyridine rings is 1. The van der Waals surface area contributed by atoms with Gasteiger partial charge < -0.3 is 15.4 Å². The summed E-state index contributed by atoms with van der Waals surface area (Å²) in [6.45, 7) is 3.71. The maximum Gasteiger partial charge on any atom is 0.323 e. The van der Waals surface area contributed by atoms with Gasteiger partial charge in [-0.25, -0.2) is 23.5 Å². The van der Waals surface area contributed by atoms with Crippen LogP contribution in [0.15, 0.2) is 36.8 Å². The van der Waals surface area contributed by atoms with Gasteiger partial charge in [0.05, 0.1) is 41.1 Å². The summed E-state index contributed by atoms with van der Waals surface area (Å²) in [4.78, 5) is 23.4. The van der Waals surface area contributed by atoms with Crippen molar-refractivity contribution < 1.29 is 18.3 Å². The van der Waals surface area contributed by atoms with Gasteiger partial charge in [0, 0.05) is 23.9 Å². The predicted octanol–water partition coefficient (Wildman–Crippen LogP) is 4.87. The molecule has 2 N–H and O–H groups in total. The second-order valence-corrected chi connectivity index (χ2v) is 8.00. The number of urea groups is 1. The molecule has 4 rings (SSSR count). The lowest BCUT2D eigenvalue weighted by Gasteiger charge is -2.17. The number of benzene rings is 1. The zero-order valence-corrected chi connectivity index (χ0v) is 18.2. The molecule has 4 aromatic rings. The first kappa shape index (κ1) is 21.7. The highest BCUT2D eigenvalue weighted by Gasteiger charge is 2.21. The van der Waals surface area contributed by atoms with E-state index in [0.29, 0.717) is 16.8 Å². The molecule has 0 bridgehead atoms. The molecule has 166 valence electrons. The van der Waals surface area contributed by atoms with Gasteiger partial charge in [0.15, 0.2) is 0 Å². The van der Waals surface area contributed by atoms with E-state index in [1.54, 1.807) is 7.11 Å². The molecular weight excluding hydrogens is 440 g/mol. The quantitative estimate of drug-likeness (QED) is 0.426. The molecule has 0 spiro atoms. The molecule has 2 amide bonds. The van der Waals surface area contributed by atoms with Gasteiger partial charge in [0.25, 0.3) is 6.43 Å². The lowest BCUT2D eigenvalue weighted by atomic mass is 10.1. The predicted molar refractivity (Wildman–Crippen MR) is 117 cm³/mol. The second-order valence-electron chi connectivity index (χ2n) is 6.82. The Labute approximate surface area is 185 Å². The molecule has 0 saturated heterocycles. The van der Waals surface area contributed by atoms with Crippen LogP contribution in [0.25, 0.3) is 16.0 Å². The van der Waals surface area contributed by atoms with Gasteiger partial charge in [-0.05, 0) is 32.0 Å². The molecule has 1 atom stereocenters. The summed E-state index contributed by atoms with van der Waals surface area (Å²) in [6.07, 6.45) is 1.17. The third-order valence-electron chi connectivity index (χ3n) is 4.74. The lowest BCUT2D eigenvalue weighted by molar-refractivity contribution is 0.121. The minimum absolute atomic E-state index is 0.126. The Morgan fingerprint density at radius 1 is 1.22 bits per heavy atom. The highest BCUT2D eigenvalue weighted by molar-refractivity contribution is 7.18. The van der Waals surface area contributed by atoms with Gasteiger partial charge in [-0.1, -0.05) is 11.3 Å². The number of halogens is 2. The van der Waals surface area contributed by atoms with Crippen LogP contribution in [-0.4, -0.2) is 38.1 Å². The summed E-state index contributed by atoms with van der Waals surface area (Å²) >= 11 is 1.44. The summed E-state index contributed by atoms with van der Waals surface area (Å²) in [6, 6.07) is 3.48. The minimum Gasteiger partial charge on any atom is -0.377 e. The van der Waals surface area contributed by atoms with Crippen LogP contribution in [-0.2, 0) is 4.74 Å². The number of carbonyl (C=O) groups is 1. The van der Waals surface area contributed by atoms with Crippen LogP contribution in [0, 0.1) is 6.92 Å². The van der Waals surface area contributed by atoms with Crippen LogP contribution in [0.2, 0.25) is 0 Å². The fraction of sp³-hybridized carbons (Fsp3) is 0.250. The molecule has 1 unspecified atom stereocenters. The monoisotopic (exact) mass is 459 g/mol. The Hall–Kier alpha value is -3.51. The number of anilines is 2. The highest BCUT2D eigenvalue weighted by Crippen LogP contribution is 2.34. The summed E-state index contributed by atoms with van der Waals surface area (Å²) in [7, 11) is 1.56. The second kappa shape index (κ2) is 8.93. The Morgan fingerprint density at radius 3 is 2.66 bits per heavy atom. The van der Waals surface area contributed by atoms with Crippen molar-refractivity contribution in [2.24, 2.45) is 0 Å². The maximum absolute atomic E-state index is 13.6. The van der Waals surface area contributed by atoms with Crippen LogP contribution >= 0.6 is 11.3 Å². The first-order valence-electron chi connectivity index (χ1n) is 9.53. The number of thiazole rings is 1. The minimum atomic E-state index is -2.78. The molecule has 9 nitrogen and oxygen atoms in total. The van der Waals surface area contributed by atoms with Crippen LogP contribution in [0.1, 0.15) is 35.6 Å². The van der Waals surface area contributed by atoms with Gasteiger partial charge >= 0.3 is 6.03 Å². The molecule has 0 aliphatic carbocycles. The van der Waals surface area contributed by atoms with Gasteiger partial charge in [-0.3, -0.25) is 0 Å². The SMILES string of the molecule is COC(C)c1c(NC(=O)Nc2ccc(-n3nccn3)c(C(F)F)c2)cnc2sc(C)nc12. The Bertz CT molecular complexity index is 1260. The van der Waals surface area contributed by atoms with Gasteiger partial charge in [0.1, 0.15) is 10.3 Å². The van der Waals surface area contributed by atoms with E-state index in [9.17, 15) is 13.6 Å². The summed E-state index contributed by atoms with van der Waals surface area (Å²) in [5, 5.41) is 13.9. The van der Waals surface area contributed by atoms with Crippen molar-refractivity contribution in [3.05, 3.63) is 52.9 Å². The van der Waals surface area contributed by atoms with E-state index in [1.165, 1.54) is 48.1 Å². The molecule has 32 heavy (non-hydrogen) atoms. The average Bonchev–Trinajstić information content (AvgIpc) is 3.42. The average molecular weight is 459 g/mol. The number of nitrogens with one attached hydrogen (secondary N) is 2. The van der Waals surface area contributed by atoms with E-state index >= 15 is 0 Å². The van der Waals surface area contributed by atoms with Crippen molar-refractivity contribution >= 4 is 39.1 Å². The fourth-order valence-corrected chi connectivity index (χ4v) is 4.02. The number of carbonyl (C=O) groups excluding carboxylic acids is 1. The van der Waals surface area contributed by atoms with E-state index in [2.05, 4.69) is 30.8 Å². The molecule has 3 aromatic heterocycles. The zero-order chi connectivity index (χ0) is 22.8. The number of rotatable bonds is 6. The van der Waals surface area contributed by atoms with Crippen LogP contribution < -0.4 is 10.6 Å². The smallest absolute Gasteiger partial charge is 0.323 e. The standard InChI is InChI=1S/C20H19F2N7O2S/c1-10(31-3)16-14(9-23-19-17(16)26-11(2)32-19)28-20(30)27-12-4-5-15(13(8-12)18(21)22)29-24-6-7-25-29/h4-10,18H,1-3H3,(H2,27,28,30). The van der Waals surface area contributed by atoms with Gasteiger partial charge in [0.2, 0.25) is 0 Å². The fourth-order valence-electron chi connectivity index (χ4n) is 3.24. The van der Waals surface area contributed by atoms with Crippen molar-refractivity contribution in [2.45, 2.75) is 26.4 Å². The summed E-state index contributed by atoms with van der Waals surface area (Å²) in [5.41, 5.74) is 1.75. The number of aromatic nitrogens is 5. The lowest BCUT2D eigenvalue weighted by Crippen LogP contribution is -2.21. The molecule has 3 heterocycles. The van der Waals surface area contributed by atoms with Gasteiger partial charge in [-0.15, -0.1) is 0 Å². The molecule has 0 aliphatic rings. The highest BCUT2D eigenvalue weighted by atomic mass is 32.1. The van der Waals surface area contributed by atoms with Crippen LogP contribution in [0.3, 0.4) is 0 Å². The third kappa shape index (κ3) is 4.27. The number of aryl methyl sites for hydroxylation is 1. The molecule has 1 aromatic carbocycles. The molecule has 0 aliphatic heterocycles. The number of hydrogen-bond acceptors (Lipinski definition) is 7. The summed E-state index contributed by atoms with van der Waals surface area (Å²) < 4.78 is 32.6. The Morgan fingerprint density at radius 2 is 1.97 bits per heavy atom. The van der Waals surface area contributed by atoms with E-state index in [1.807, 2.05) is 13.8 Å². The molecular formula is C20H19F2N7O2S. The summed E-state index contributed by atoms with van der Waals surface area (Å²) in [5.74, 6) is 0. The van der Waals surface area contributed by atoms with E-state index < -0.39 is 12.5 Å². The molecule has 0 radical (unpaired) electrons. The van der Waals surface area contributed by atoms with Crippen molar-refractivity contribution in [3.63, 3.8) is 0 Å².